The molecule has 0 bridgehead atoms. The second kappa shape index (κ2) is 8.16. The van der Waals surface area contributed by atoms with E-state index in [9.17, 15) is 9.59 Å². The van der Waals surface area contributed by atoms with Gasteiger partial charge in [-0.05, 0) is 30.3 Å². The molecule has 0 fully saturated rings. The fraction of sp³-hybridized carbons (Fsp3) is 0.130. The first-order chi connectivity index (χ1) is 14.6. The van der Waals surface area contributed by atoms with Gasteiger partial charge in [-0.1, -0.05) is 42.5 Å². The van der Waals surface area contributed by atoms with Gasteiger partial charge in [-0.3, -0.25) is 9.69 Å². The summed E-state index contributed by atoms with van der Waals surface area (Å²) in [6.07, 6.45) is -0.631. The lowest BCUT2D eigenvalue weighted by molar-refractivity contribution is -0.139. The highest BCUT2D eigenvalue weighted by atomic mass is 16.5. The number of amides is 1. The molecule has 0 unspecified atom stereocenters. The summed E-state index contributed by atoms with van der Waals surface area (Å²) in [5.41, 5.74) is 2.44. The molecule has 3 aromatic rings. The predicted molar refractivity (Wildman–Crippen MR) is 112 cm³/mol. The van der Waals surface area contributed by atoms with Gasteiger partial charge in [0.15, 0.2) is 6.61 Å². The molecule has 1 aliphatic rings. The second-order valence-electron chi connectivity index (χ2n) is 6.66. The van der Waals surface area contributed by atoms with E-state index in [1.807, 2.05) is 36.4 Å². The van der Waals surface area contributed by atoms with Gasteiger partial charge < -0.3 is 19.9 Å². The Kier molecular flexibility index (Phi) is 5.26. The number of anilines is 2. The fourth-order valence-corrected chi connectivity index (χ4v) is 3.53. The number of fused-ring (bicyclic) bond motifs is 1. The molecule has 3 aromatic carbocycles. The van der Waals surface area contributed by atoms with Crippen molar-refractivity contribution in [2.45, 2.75) is 6.17 Å². The Bertz CT molecular complexity index is 1100. The van der Waals surface area contributed by atoms with Gasteiger partial charge in [-0.2, -0.15) is 0 Å². The molecule has 4 rings (SSSR count). The van der Waals surface area contributed by atoms with Crippen LogP contribution >= 0.6 is 0 Å². The first-order valence-electron chi connectivity index (χ1n) is 9.36. The van der Waals surface area contributed by atoms with E-state index in [0.717, 1.165) is 0 Å². The quantitative estimate of drug-likeness (QED) is 0.647. The highest BCUT2D eigenvalue weighted by molar-refractivity contribution is 6.12. The Morgan fingerprint density at radius 3 is 2.43 bits per heavy atom. The van der Waals surface area contributed by atoms with E-state index < -0.39 is 18.7 Å². The van der Waals surface area contributed by atoms with Crippen LogP contribution in [-0.2, 0) is 4.79 Å². The van der Waals surface area contributed by atoms with Gasteiger partial charge in [0.2, 0.25) is 0 Å². The summed E-state index contributed by atoms with van der Waals surface area (Å²) in [5, 5.41) is 12.4. The lowest BCUT2D eigenvalue weighted by Gasteiger charge is -2.39. The zero-order chi connectivity index (χ0) is 21.1. The van der Waals surface area contributed by atoms with Gasteiger partial charge >= 0.3 is 5.97 Å². The Morgan fingerprint density at radius 2 is 1.67 bits per heavy atom. The van der Waals surface area contributed by atoms with Gasteiger partial charge in [0.25, 0.3) is 5.91 Å². The minimum absolute atomic E-state index is 0.202. The van der Waals surface area contributed by atoms with Crippen LogP contribution in [-0.4, -0.2) is 30.7 Å². The van der Waals surface area contributed by atoms with Crippen molar-refractivity contribution in [3.8, 4) is 11.5 Å². The molecule has 0 spiro atoms. The van der Waals surface area contributed by atoms with Crippen molar-refractivity contribution < 1.29 is 24.2 Å². The number of nitrogens with one attached hydrogen (secondary N) is 1. The van der Waals surface area contributed by atoms with Gasteiger partial charge in [0.05, 0.1) is 18.4 Å². The number of benzene rings is 3. The summed E-state index contributed by atoms with van der Waals surface area (Å²) in [7, 11) is 1.55. The smallest absolute Gasteiger partial charge is 0.341 e. The number of nitrogens with zero attached hydrogens (tertiary/aromatic N) is 1. The zero-order valence-electron chi connectivity index (χ0n) is 16.2. The molecule has 7 heteroatoms. The first kappa shape index (κ1) is 19.3. The van der Waals surface area contributed by atoms with E-state index in [2.05, 4.69) is 5.32 Å². The molecule has 30 heavy (non-hydrogen) atoms. The number of hydrogen-bond donors (Lipinski definition) is 2. The molecule has 0 aromatic heterocycles. The van der Waals surface area contributed by atoms with Crippen LogP contribution in [0.3, 0.4) is 0 Å². The topological polar surface area (TPSA) is 88.1 Å². The van der Waals surface area contributed by atoms with Gasteiger partial charge in [0, 0.05) is 11.3 Å². The summed E-state index contributed by atoms with van der Waals surface area (Å²) in [5.74, 6) is -0.359. The van der Waals surface area contributed by atoms with Crippen LogP contribution in [0.1, 0.15) is 22.1 Å². The van der Waals surface area contributed by atoms with Crippen molar-refractivity contribution in [3.05, 3.63) is 83.9 Å². The molecule has 1 heterocycles. The number of rotatable bonds is 6. The maximum Gasteiger partial charge on any atom is 0.341 e. The molecule has 1 amide bonds. The van der Waals surface area contributed by atoms with E-state index >= 15 is 0 Å². The van der Waals surface area contributed by atoms with Crippen LogP contribution in [0.15, 0.2) is 72.8 Å². The largest absolute Gasteiger partial charge is 0.495 e. The number of hydrogen-bond acceptors (Lipinski definition) is 5. The highest BCUT2D eigenvalue weighted by Gasteiger charge is 2.36. The first-order valence-corrected chi connectivity index (χ1v) is 9.36. The van der Waals surface area contributed by atoms with Crippen LogP contribution in [0.5, 0.6) is 11.5 Å². The van der Waals surface area contributed by atoms with Crippen LogP contribution in [0.2, 0.25) is 0 Å². The average Bonchev–Trinajstić information content (AvgIpc) is 2.78. The number of carbonyl (C=O) groups is 2. The molecule has 1 atom stereocenters. The third kappa shape index (κ3) is 3.53. The standard InChI is InChI=1S/C23H20N2O5/c1-29-20-13-7-5-11-18(20)25-22(24-17-10-4-2-8-15(17)23(25)28)16-9-3-6-12-19(16)30-14-21(26)27/h2-13,22,24H,14H2,1H3,(H,26,27)/t22-/m1/s1. The molecular formula is C23H20N2O5. The van der Waals surface area contributed by atoms with Gasteiger partial charge in [-0.25, -0.2) is 4.79 Å². The van der Waals surface area contributed by atoms with Gasteiger partial charge in [0.1, 0.15) is 17.7 Å². The molecular weight excluding hydrogens is 384 g/mol. The summed E-state index contributed by atoms with van der Waals surface area (Å²) < 4.78 is 11.0. The monoisotopic (exact) mass is 404 g/mol. The number of carboxylic acids is 1. The summed E-state index contributed by atoms with van der Waals surface area (Å²) in [4.78, 5) is 26.2. The van der Waals surface area contributed by atoms with Crippen molar-refractivity contribution in [2.75, 3.05) is 23.9 Å². The van der Waals surface area contributed by atoms with Crippen molar-refractivity contribution in [3.63, 3.8) is 0 Å². The Balaban J connectivity index is 1.86. The van der Waals surface area contributed by atoms with E-state index in [1.165, 1.54) is 0 Å². The lowest BCUT2D eigenvalue weighted by atomic mass is 10.0. The number of para-hydroxylation sites is 4. The fourth-order valence-electron chi connectivity index (χ4n) is 3.53. The zero-order valence-corrected chi connectivity index (χ0v) is 16.2. The molecule has 0 saturated heterocycles. The number of aliphatic carboxylic acids is 1. The molecule has 0 saturated carbocycles. The van der Waals surface area contributed by atoms with Gasteiger partial charge in [-0.15, -0.1) is 0 Å². The Morgan fingerprint density at radius 1 is 1.00 bits per heavy atom. The number of methoxy groups -OCH3 is 1. The number of carboxylic acid groups (broad SMARTS) is 1. The molecule has 1 aliphatic heterocycles. The van der Waals surface area contributed by atoms with Crippen LogP contribution in [0, 0.1) is 0 Å². The molecule has 152 valence electrons. The van der Waals surface area contributed by atoms with Crippen LogP contribution < -0.4 is 19.7 Å². The lowest BCUT2D eigenvalue weighted by Crippen LogP contribution is -2.43. The van der Waals surface area contributed by atoms with E-state index in [0.29, 0.717) is 34.0 Å². The third-order valence-electron chi connectivity index (χ3n) is 4.84. The van der Waals surface area contributed by atoms with E-state index in [4.69, 9.17) is 14.6 Å². The predicted octanol–water partition coefficient (Wildman–Crippen LogP) is 3.93. The number of carbonyl (C=O) groups excluding carboxylic acids is 1. The summed E-state index contributed by atoms with van der Waals surface area (Å²) in [6, 6.07) is 21.6. The number of ether oxygens (including phenoxy) is 2. The van der Waals surface area contributed by atoms with E-state index in [1.54, 1.807) is 48.4 Å². The van der Waals surface area contributed by atoms with Crippen molar-refractivity contribution in [2.24, 2.45) is 0 Å². The average molecular weight is 404 g/mol. The molecule has 0 radical (unpaired) electrons. The molecule has 0 aliphatic carbocycles. The third-order valence-corrected chi connectivity index (χ3v) is 4.84. The van der Waals surface area contributed by atoms with Crippen LogP contribution in [0.4, 0.5) is 11.4 Å². The maximum atomic E-state index is 13.5. The minimum Gasteiger partial charge on any atom is -0.495 e. The summed E-state index contributed by atoms with van der Waals surface area (Å²) >= 11 is 0. The van der Waals surface area contributed by atoms with Crippen molar-refractivity contribution in [1.82, 2.24) is 0 Å². The van der Waals surface area contributed by atoms with Crippen LogP contribution in [0.25, 0.3) is 0 Å². The SMILES string of the molecule is COc1ccccc1N1C(=O)c2ccccc2N[C@H]1c1ccccc1OCC(=O)O. The van der Waals surface area contributed by atoms with E-state index in [-0.39, 0.29) is 5.91 Å². The Hall–Kier alpha value is -4.00. The van der Waals surface area contributed by atoms with Crippen molar-refractivity contribution >= 4 is 23.3 Å². The minimum atomic E-state index is -1.08. The second-order valence-corrected chi connectivity index (χ2v) is 6.66. The van der Waals surface area contributed by atoms with Crippen molar-refractivity contribution in [1.29, 1.82) is 0 Å². The molecule has 2 N–H and O–H groups in total. The maximum absolute atomic E-state index is 13.5. The molecule has 7 nitrogen and oxygen atoms in total. The highest BCUT2D eigenvalue weighted by Crippen LogP contribution is 2.42. The normalized spacial score (nSPS) is 15.2. The summed E-state index contributed by atoms with van der Waals surface area (Å²) in [6.45, 7) is -0.483. The Labute approximate surface area is 173 Å².